The third-order valence-electron chi connectivity index (χ3n) is 2.20. The Balaban J connectivity index is 2.45. The van der Waals surface area contributed by atoms with Crippen molar-refractivity contribution in [1.29, 1.82) is 0 Å². The molecule has 74 valence electrons. The Kier molecular flexibility index (Phi) is 2.87. The molecule has 0 aromatic heterocycles. The lowest BCUT2D eigenvalue weighted by molar-refractivity contribution is -0.148. The molecule has 1 fully saturated rings. The maximum absolute atomic E-state index is 10.9. The quantitative estimate of drug-likeness (QED) is 0.441. The fourth-order valence-electron chi connectivity index (χ4n) is 1.45. The summed E-state index contributed by atoms with van der Waals surface area (Å²) in [4.78, 5) is 21.8. The summed E-state index contributed by atoms with van der Waals surface area (Å²) in [5.74, 6) is -1.06. The lowest BCUT2D eigenvalue weighted by atomic mass is 9.84. The Labute approximate surface area is 76.1 Å². The number of carbonyl (C=O) groups is 2. The van der Waals surface area contributed by atoms with E-state index in [1.165, 1.54) is 14.0 Å². The number of carbonyl (C=O) groups excluding carboxylic acids is 2. The molecule has 0 bridgehead atoms. The lowest BCUT2D eigenvalue weighted by Gasteiger charge is -2.37. The van der Waals surface area contributed by atoms with Gasteiger partial charge < -0.3 is 15.2 Å². The number of ether oxygens (including phenoxy) is 1. The number of esters is 1. The SMILES string of the molecule is COC(=O)CC1NC(=O)[C@@H]1[C@@H](C)O. The van der Waals surface area contributed by atoms with Gasteiger partial charge in [0.1, 0.15) is 0 Å². The summed E-state index contributed by atoms with van der Waals surface area (Å²) < 4.78 is 4.45. The van der Waals surface area contributed by atoms with Gasteiger partial charge in [0.05, 0.1) is 31.6 Å². The molecule has 1 amide bonds. The highest BCUT2D eigenvalue weighted by Gasteiger charge is 2.43. The molecule has 0 saturated carbocycles. The molecule has 2 N–H and O–H groups in total. The molecular formula is C8H13NO4. The van der Waals surface area contributed by atoms with Crippen molar-refractivity contribution in [3.8, 4) is 0 Å². The Bertz CT molecular complexity index is 226. The fraction of sp³-hybridized carbons (Fsp3) is 0.750. The molecule has 0 aliphatic carbocycles. The zero-order valence-corrected chi connectivity index (χ0v) is 7.61. The van der Waals surface area contributed by atoms with Gasteiger partial charge in [-0.05, 0) is 6.92 Å². The summed E-state index contributed by atoms with van der Waals surface area (Å²) >= 11 is 0. The molecule has 13 heavy (non-hydrogen) atoms. The van der Waals surface area contributed by atoms with Crippen LogP contribution in [0.25, 0.3) is 0 Å². The minimum absolute atomic E-state index is 0.123. The van der Waals surface area contributed by atoms with Crippen LogP contribution in [0.5, 0.6) is 0 Å². The fourth-order valence-corrected chi connectivity index (χ4v) is 1.45. The molecule has 0 spiro atoms. The molecule has 1 aliphatic rings. The summed E-state index contributed by atoms with van der Waals surface area (Å²) in [7, 11) is 1.29. The molecule has 5 heteroatoms. The average Bonchev–Trinajstić information content (AvgIpc) is 2.01. The molecule has 1 unspecified atom stereocenters. The normalized spacial score (nSPS) is 28.7. The predicted octanol–water partition coefficient (Wildman–Crippen LogP) is -0.955. The summed E-state index contributed by atoms with van der Waals surface area (Å²) in [5, 5.41) is 11.7. The summed E-state index contributed by atoms with van der Waals surface area (Å²) in [6, 6.07) is -0.278. The monoisotopic (exact) mass is 187 g/mol. The first-order valence-corrected chi connectivity index (χ1v) is 4.11. The van der Waals surface area contributed by atoms with Crippen LogP contribution in [0.3, 0.4) is 0 Å². The second kappa shape index (κ2) is 3.74. The van der Waals surface area contributed by atoms with Gasteiger partial charge in [-0.15, -0.1) is 0 Å². The van der Waals surface area contributed by atoms with Crippen molar-refractivity contribution in [3.63, 3.8) is 0 Å². The molecule has 1 saturated heterocycles. The van der Waals surface area contributed by atoms with E-state index in [0.717, 1.165) is 0 Å². The number of aliphatic hydroxyl groups excluding tert-OH is 1. The van der Waals surface area contributed by atoms with Gasteiger partial charge in [-0.1, -0.05) is 0 Å². The molecule has 1 aliphatic heterocycles. The van der Waals surface area contributed by atoms with Crippen LogP contribution in [0.4, 0.5) is 0 Å². The number of methoxy groups -OCH3 is 1. The summed E-state index contributed by atoms with van der Waals surface area (Å²) in [5.41, 5.74) is 0. The van der Waals surface area contributed by atoms with E-state index >= 15 is 0 Å². The summed E-state index contributed by atoms with van der Waals surface area (Å²) in [6.45, 7) is 1.54. The highest BCUT2D eigenvalue weighted by Crippen LogP contribution is 2.21. The van der Waals surface area contributed by atoms with E-state index in [1.807, 2.05) is 0 Å². The van der Waals surface area contributed by atoms with Crippen molar-refractivity contribution in [2.45, 2.75) is 25.5 Å². The van der Waals surface area contributed by atoms with E-state index in [1.54, 1.807) is 0 Å². The zero-order valence-electron chi connectivity index (χ0n) is 7.61. The van der Waals surface area contributed by atoms with E-state index in [-0.39, 0.29) is 24.3 Å². The highest BCUT2D eigenvalue weighted by atomic mass is 16.5. The molecule has 1 rings (SSSR count). The topological polar surface area (TPSA) is 75.6 Å². The molecule has 0 aromatic rings. The largest absolute Gasteiger partial charge is 0.469 e. The van der Waals surface area contributed by atoms with E-state index in [2.05, 4.69) is 10.1 Å². The molecule has 3 atom stereocenters. The number of amides is 1. The first-order chi connectivity index (χ1) is 6.06. The van der Waals surface area contributed by atoms with E-state index in [4.69, 9.17) is 0 Å². The van der Waals surface area contributed by atoms with Crippen LogP contribution in [0, 0.1) is 5.92 Å². The third kappa shape index (κ3) is 1.98. The molecule has 0 aromatic carbocycles. The van der Waals surface area contributed by atoms with Gasteiger partial charge in [-0.2, -0.15) is 0 Å². The van der Waals surface area contributed by atoms with Crippen molar-refractivity contribution in [2.24, 2.45) is 5.92 Å². The predicted molar refractivity (Wildman–Crippen MR) is 43.7 cm³/mol. The van der Waals surface area contributed by atoms with Crippen LogP contribution in [0.1, 0.15) is 13.3 Å². The van der Waals surface area contributed by atoms with Crippen molar-refractivity contribution in [2.75, 3.05) is 7.11 Å². The highest BCUT2D eigenvalue weighted by molar-refractivity contribution is 5.88. The Morgan fingerprint density at radius 1 is 1.77 bits per heavy atom. The van der Waals surface area contributed by atoms with Gasteiger partial charge in [0.15, 0.2) is 0 Å². The first-order valence-electron chi connectivity index (χ1n) is 4.11. The zero-order chi connectivity index (χ0) is 10.0. The number of hydrogen-bond acceptors (Lipinski definition) is 4. The second-order valence-electron chi connectivity index (χ2n) is 3.16. The number of β-lactam (4-membered cyclic amide) rings is 1. The van der Waals surface area contributed by atoms with E-state index < -0.39 is 12.0 Å². The summed E-state index contributed by atoms with van der Waals surface area (Å²) in [6.07, 6.45) is -0.596. The minimum atomic E-state index is -0.719. The van der Waals surface area contributed by atoms with Gasteiger partial charge in [-0.25, -0.2) is 0 Å². The van der Waals surface area contributed by atoms with Crippen LogP contribution in [0.2, 0.25) is 0 Å². The molecule has 0 radical (unpaired) electrons. The Morgan fingerprint density at radius 2 is 2.38 bits per heavy atom. The van der Waals surface area contributed by atoms with Crippen molar-refractivity contribution in [1.82, 2.24) is 5.32 Å². The van der Waals surface area contributed by atoms with Crippen LogP contribution >= 0.6 is 0 Å². The average molecular weight is 187 g/mol. The molecular weight excluding hydrogens is 174 g/mol. The lowest BCUT2D eigenvalue weighted by Crippen LogP contribution is -2.62. The van der Waals surface area contributed by atoms with Gasteiger partial charge in [-0.3, -0.25) is 9.59 Å². The van der Waals surface area contributed by atoms with Gasteiger partial charge in [0.2, 0.25) is 5.91 Å². The van der Waals surface area contributed by atoms with Crippen LogP contribution in [-0.4, -0.2) is 36.2 Å². The standard InChI is InChI=1S/C8H13NO4/c1-4(10)7-5(9-8(7)12)3-6(11)13-2/h4-5,7,10H,3H2,1-2H3,(H,9,12)/t4-,5?,7-/m1/s1. The smallest absolute Gasteiger partial charge is 0.307 e. The number of hydrogen-bond donors (Lipinski definition) is 2. The first kappa shape index (κ1) is 9.98. The Hall–Kier alpha value is -1.10. The van der Waals surface area contributed by atoms with Gasteiger partial charge >= 0.3 is 5.97 Å². The third-order valence-corrected chi connectivity index (χ3v) is 2.20. The Morgan fingerprint density at radius 3 is 2.77 bits per heavy atom. The molecule has 5 nitrogen and oxygen atoms in total. The molecule has 1 heterocycles. The van der Waals surface area contributed by atoms with E-state index in [9.17, 15) is 14.7 Å². The maximum atomic E-state index is 10.9. The number of aliphatic hydroxyl groups is 1. The number of nitrogens with one attached hydrogen (secondary N) is 1. The number of rotatable bonds is 3. The van der Waals surface area contributed by atoms with Crippen LogP contribution in [0.15, 0.2) is 0 Å². The van der Waals surface area contributed by atoms with Crippen LogP contribution in [-0.2, 0) is 14.3 Å². The van der Waals surface area contributed by atoms with Crippen molar-refractivity contribution < 1.29 is 19.4 Å². The second-order valence-corrected chi connectivity index (χ2v) is 3.16. The van der Waals surface area contributed by atoms with Gasteiger partial charge in [0, 0.05) is 0 Å². The van der Waals surface area contributed by atoms with Crippen molar-refractivity contribution in [3.05, 3.63) is 0 Å². The van der Waals surface area contributed by atoms with E-state index in [0.29, 0.717) is 0 Å². The maximum Gasteiger partial charge on any atom is 0.307 e. The van der Waals surface area contributed by atoms with Gasteiger partial charge in [0.25, 0.3) is 0 Å². The van der Waals surface area contributed by atoms with Crippen molar-refractivity contribution >= 4 is 11.9 Å². The minimum Gasteiger partial charge on any atom is -0.469 e. The van der Waals surface area contributed by atoms with Crippen LogP contribution < -0.4 is 5.32 Å².